The molecule has 4 rings (SSSR count). The predicted molar refractivity (Wildman–Crippen MR) is 94.2 cm³/mol. The van der Waals surface area contributed by atoms with Gasteiger partial charge in [0.1, 0.15) is 0 Å². The molecule has 0 N–H and O–H groups in total. The van der Waals surface area contributed by atoms with E-state index in [0.29, 0.717) is 0 Å². The molecule has 0 saturated heterocycles. The van der Waals surface area contributed by atoms with Gasteiger partial charge in [-0.3, -0.25) is 0 Å². The van der Waals surface area contributed by atoms with Gasteiger partial charge in [0.25, 0.3) is 0 Å². The lowest BCUT2D eigenvalue weighted by Crippen LogP contribution is -2.14. The SMILES string of the molecule is Cc1ccc(-c2ccc3c(c2)C(C)(C)c2ccccc2-3)cc1. The van der Waals surface area contributed by atoms with Gasteiger partial charge in [-0.05, 0) is 46.4 Å². The van der Waals surface area contributed by atoms with Gasteiger partial charge in [-0.2, -0.15) is 0 Å². The van der Waals surface area contributed by atoms with E-state index in [-0.39, 0.29) is 5.41 Å². The van der Waals surface area contributed by atoms with E-state index >= 15 is 0 Å². The van der Waals surface area contributed by atoms with Crippen molar-refractivity contribution in [2.75, 3.05) is 0 Å². The highest BCUT2D eigenvalue weighted by molar-refractivity contribution is 5.83. The number of rotatable bonds is 1. The lowest BCUT2D eigenvalue weighted by molar-refractivity contribution is 0.660. The van der Waals surface area contributed by atoms with Crippen molar-refractivity contribution in [3.8, 4) is 22.3 Å². The Hall–Kier alpha value is -2.34. The van der Waals surface area contributed by atoms with E-state index in [9.17, 15) is 0 Å². The number of fused-ring (bicyclic) bond motifs is 3. The summed E-state index contributed by atoms with van der Waals surface area (Å²) < 4.78 is 0. The lowest BCUT2D eigenvalue weighted by atomic mass is 9.81. The maximum atomic E-state index is 2.38. The number of benzene rings is 3. The maximum absolute atomic E-state index is 2.38. The van der Waals surface area contributed by atoms with E-state index in [1.165, 1.54) is 38.9 Å². The van der Waals surface area contributed by atoms with Crippen LogP contribution >= 0.6 is 0 Å². The third-order valence-electron chi connectivity index (χ3n) is 4.97. The summed E-state index contributed by atoms with van der Waals surface area (Å²) in [6.45, 7) is 6.79. The summed E-state index contributed by atoms with van der Waals surface area (Å²) in [7, 11) is 0. The predicted octanol–water partition coefficient (Wildman–Crippen LogP) is 5.97. The van der Waals surface area contributed by atoms with Crippen molar-refractivity contribution in [2.24, 2.45) is 0 Å². The lowest BCUT2D eigenvalue weighted by Gasteiger charge is -2.22. The summed E-state index contributed by atoms with van der Waals surface area (Å²) in [5, 5.41) is 0. The topological polar surface area (TPSA) is 0 Å². The summed E-state index contributed by atoms with van der Waals surface area (Å²) in [4.78, 5) is 0. The van der Waals surface area contributed by atoms with Crippen molar-refractivity contribution in [1.82, 2.24) is 0 Å². The molecule has 0 aliphatic heterocycles. The Labute approximate surface area is 132 Å². The maximum Gasteiger partial charge on any atom is 0.0159 e. The van der Waals surface area contributed by atoms with Crippen LogP contribution in [-0.4, -0.2) is 0 Å². The zero-order valence-electron chi connectivity index (χ0n) is 13.4. The van der Waals surface area contributed by atoms with E-state index in [1.54, 1.807) is 0 Å². The summed E-state index contributed by atoms with van der Waals surface area (Å²) in [6.07, 6.45) is 0. The van der Waals surface area contributed by atoms with Crippen LogP contribution < -0.4 is 0 Å². The van der Waals surface area contributed by atoms with Crippen molar-refractivity contribution in [2.45, 2.75) is 26.2 Å². The highest BCUT2D eigenvalue weighted by Gasteiger charge is 2.35. The molecular formula is C22H20. The quantitative estimate of drug-likeness (QED) is 0.516. The molecule has 0 heteroatoms. The molecule has 0 atom stereocenters. The Morgan fingerprint density at radius 3 is 2.05 bits per heavy atom. The monoisotopic (exact) mass is 284 g/mol. The second-order valence-electron chi connectivity index (χ2n) is 6.80. The molecule has 0 unspecified atom stereocenters. The van der Waals surface area contributed by atoms with Gasteiger partial charge in [0.05, 0.1) is 0 Å². The standard InChI is InChI=1S/C22H20/c1-15-8-10-16(11-9-15)17-12-13-19-18-6-4-5-7-20(18)22(2,3)21(19)14-17/h4-14H,1-3H3. The zero-order chi connectivity index (χ0) is 15.3. The van der Waals surface area contributed by atoms with Gasteiger partial charge in [-0.25, -0.2) is 0 Å². The molecule has 108 valence electrons. The Bertz CT molecular complexity index is 851. The fourth-order valence-corrected chi connectivity index (χ4v) is 3.63. The molecule has 0 nitrogen and oxygen atoms in total. The second-order valence-corrected chi connectivity index (χ2v) is 6.80. The highest BCUT2D eigenvalue weighted by Crippen LogP contribution is 2.49. The van der Waals surface area contributed by atoms with E-state index in [0.717, 1.165) is 0 Å². The van der Waals surface area contributed by atoms with Crippen LogP contribution in [0.3, 0.4) is 0 Å². The average Bonchev–Trinajstić information content (AvgIpc) is 2.77. The molecule has 0 heterocycles. The van der Waals surface area contributed by atoms with Crippen molar-refractivity contribution in [3.63, 3.8) is 0 Å². The molecule has 0 bridgehead atoms. The molecule has 1 aliphatic rings. The Morgan fingerprint density at radius 2 is 1.27 bits per heavy atom. The van der Waals surface area contributed by atoms with Crippen molar-refractivity contribution in [1.29, 1.82) is 0 Å². The third kappa shape index (κ3) is 1.84. The molecule has 1 aliphatic carbocycles. The fourth-order valence-electron chi connectivity index (χ4n) is 3.63. The molecule has 0 saturated carbocycles. The van der Waals surface area contributed by atoms with Gasteiger partial charge >= 0.3 is 0 Å². The van der Waals surface area contributed by atoms with Crippen LogP contribution in [0.15, 0.2) is 66.7 Å². The van der Waals surface area contributed by atoms with E-state index in [1.807, 2.05) is 0 Å². The summed E-state index contributed by atoms with van der Waals surface area (Å²) in [5.41, 5.74) is 9.62. The highest BCUT2D eigenvalue weighted by atomic mass is 14.4. The number of aryl methyl sites for hydroxylation is 1. The second kappa shape index (κ2) is 4.58. The molecule has 3 aromatic rings. The molecule has 0 radical (unpaired) electrons. The molecular weight excluding hydrogens is 264 g/mol. The van der Waals surface area contributed by atoms with Gasteiger partial charge in [0, 0.05) is 5.41 Å². The molecule has 0 fully saturated rings. The van der Waals surface area contributed by atoms with E-state index in [4.69, 9.17) is 0 Å². The minimum absolute atomic E-state index is 0.0760. The third-order valence-corrected chi connectivity index (χ3v) is 4.97. The van der Waals surface area contributed by atoms with Crippen LogP contribution in [0.5, 0.6) is 0 Å². The molecule has 0 spiro atoms. The number of hydrogen-bond acceptors (Lipinski definition) is 0. The average molecular weight is 284 g/mol. The largest absolute Gasteiger partial charge is 0.0619 e. The smallest absolute Gasteiger partial charge is 0.0159 e. The number of hydrogen-bond donors (Lipinski definition) is 0. The van der Waals surface area contributed by atoms with E-state index in [2.05, 4.69) is 87.5 Å². The first-order valence-corrected chi connectivity index (χ1v) is 7.89. The summed E-state index contributed by atoms with van der Waals surface area (Å²) in [6, 6.07) is 24.5. The van der Waals surface area contributed by atoms with Crippen LogP contribution in [0, 0.1) is 6.92 Å². The van der Waals surface area contributed by atoms with Crippen LogP contribution in [0.2, 0.25) is 0 Å². The Kier molecular flexibility index (Phi) is 2.77. The van der Waals surface area contributed by atoms with Crippen molar-refractivity contribution in [3.05, 3.63) is 83.4 Å². The minimum Gasteiger partial charge on any atom is -0.0619 e. The molecule has 0 amide bonds. The van der Waals surface area contributed by atoms with Gasteiger partial charge in [-0.1, -0.05) is 80.1 Å². The molecule has 22 heavy (non-hydrogen) atoms. The first-order chi connectivity index (χ1) is 10.6. The Balaban J connectivity index is 1.90. The van der Waals surface area contributed by atoms with E-state index < -0.39 is 0 Å². The normalized spacial score (nSPS) is 14.5. The van der Waals surface area contributed by atoms with Gasteiger partial charge in [0.2, 0.25) is 0 Å². The molecule has 3 aromatic carbocycles. The fraction of sp³-hybridized carbons (Fsp3) is 0.182. The Morgan fingerprint density at radius 1 is 0.636 bits per heavy atom. The first kappa shape index (κ1) is 13.3. The van der Waals surface area contributed by atoms with Crippen LogP contribution in [-0.2, 0) is 5.41 Å². The molecule has 0 aromatic heterocycles. The summed E-state index contributed by atoms with van der Waals surface area (Å²) in [5.74, 6) is 0. The van der Waals surface area contributed by atoms with Crippen molar-refractivity contribution < 1.29 is 0 Å². The summed E-state index contributed by atoms with van der Waals surface area (Å²) >= 11 is 0. The van der Waals surface area contributed by atoms with Crippen LogP contribution in [0.25, 0.3) is 22.3 Å². The van der Waals surface area contributed by atoms with Gasteiger partial charge < -0.3 is 0 Å². The van der Waals surface area contributed by atoms with Gasteiger partial charge in [0.15, 0.2) is 0 Å². The van der Waals surface area contributed by atoms with Crippen LogP contribution in [0.1, 0.15) is 30.5 Å². The van der Waals surface area contributed by atoms with Crippen LogP contribution in [0.4, 0.5) is 0 Å². The zero-order valence-corrected chi connectivity index (χ0v) is 13.4. The van der Waals surface area contributed by atoms with Crippen molar-refractivity contribution >= 4 is 0 Å². The minimum atomic E-state index is 0.0760. The first-order valence-electron chi connectivity index (χ1n) is 7.89. The van der Waals surface area contributed by atoms with Gasteiger partial charge in [-0.15, -0.1) is 0 Å².